The van der Waals surface area contributed by atoms with Gasteiger partial charge in [-0.15, -0.1) is 0 Å². The van der Waals surface area contributed by atoms with Crippen molar-refractivity contribution in [1.29, 1.82) is 0 Å². The van der Waals surface area contributed by atoms with Gasteiger partial charge in [-0.1, -0.05) is 44.0 Å². The molecule has 0 radical (unpaired) electrons. The fourth-order valence-electron chi connectivity index (χ4n) is 2.87. The highest BCUT2D eigenvalue weighted by atomic mass is 19.4. The molecule has 8 heteroatoms. The van der Waals surface area contributed by atoms with E-state index in [2.05, 4.69) is 11.7 Å². The predicted molar refractivity (Wildman–Crippen MR) is 94.6 cm³/mol. The Morgan fingerprint density at radius 2 is 1.38 bits per heavy atom. The van der Waals surface area contributed by atoms with Crippen molar-refractivity contribution in [3.05, 3.63) is 70.3 Å². The summed E-state index contributed by atoms with van der Waals surface area (Å²) in [5, 5.41) is 0. The van der Waals surface area contributed by atoms with Crippen molar-refractivity contribution < 1.29 is 35.5 Å². The Balaban J connectivity index is 1.97. The molecule has 0 heterocycles. The summed E-state index contributed by atoms with van der Waals surface area (Å²) >= 11 is 0. The highest BCUT2D eigenvalue weighted by Gasteiger charge is 2.38. The molecule has 0 aliphatic rings. The molecule has 0 amide bonds. The molecule has 2 rings (SSSR count). The van der Waals surface area contributed by atoms with Crippen LogP contribution in [-0.2, 0) is 29.9 Å². The van der Waals surface area contributed by atoms with Crippen LogP contribution in [0.25, 0.3) is 0 Å². The zero-order valence-corrected chi connectivity index (χ0v) is 15.8. The van der Waals surface area contributed by atoms with Crippen molar-refractivity contribution in [2.24, 2.45) is 0 Å². The van der Waals surface area contributed by atoms with Gasteiger partial charge in [-0.25, -0.2) is 8.78 Å². The standard InChI is InChI=1S/C21H21F7O/c1-2-3-4-5-14-6-8-16(9-7-14)21(27,28)29-11-10-15-12-17(22)19(18(23)13-15)20(24,25)26/h6-9,12-13H,2-5,10-11H2,1H3. The molecule has 0 aromatic heterocycles. The summed E-state index contributed by atoms with van der Waals surface area (Å²) in [6.07, 6.45) is -5.35. The van der Waals surface area contributed by atoms with E-state index in [1.807, 2.05) is 0 Å². The van der Waals surface area contributed by atoms with Crippen LogP contribution in [0.2, 0.25) is 0 Å². The summed E-state index contributed by atoms with van der Waals surface area (Å²) in [5.41, 5.74) is -1.67. The van der Waals surface area contributed by atoms with Gasteiger partial charge in [0, 0.05) is 0 Å². The van der Waals surface area contributed by atoms with Crippen molar-refractivity contribution in [1.82, 2.24) is 0 Å². The molecule has 0 aliphatic carbocycles. The maximum absolute atomic E-state index is 14.2. The van der Waals surface area contributed by atoms with Gasteiger partial charge < -0.3 is 4.74 Å². The fraction of sp³-hybridized carbons (Fsp3) is 0.429. The van der Waals surface area contributed by atoms with Crippen LogP contribution in [-0.4, -0.2) is 6.61 Å². The molecule has 2 aromatic rings. The Hall–Kier alpha value is -2.09. The molecule has 0 spiro atoms. The minimum absolute atomic E-state index is 0.213. The molecular weight excluding hydrogens is 401 g/mol. The van der Waals surface area contributed by atoms with Crippen molar-refractivity contribution >= 4 is 0 Å². The summed E-state index contributed by atoms with van der Waals surface area (Å²) in [5.74, 6) is -3.59. The van der Waals surface area contributed by atoms with Crippen LogP contribution < -0.4 is 0 Å². The monoisotopic (exact) mass is 422 g/mol. The molecule has 0 fully saturated rings. The fourth-order valence-corrected chi connectivity index (χ4v) is 2.87. The molecule has 29 heavy (non-hydrogen) atoms. The normalized spacial score (nSPS) is 12.4. The molecule has 0 aliphatic heterocycles. The second-order valence-electron chi connectivity index (χ2n) is 6.70. The van der Waals surface area contributed by atoms with Crippen LogP contribution in [0.15, 0.2) is 36.4 Å². The van der Waals surface area contributed by atoms with Crippen LogP contribution in [0.3, 0.4) is 0 Å². The van der Waals surface area contributed by atoms with Crippen molar-refractivity contribution in [3.8, 4) is 0 Å². The lowest BCUT2D eigenvalue weighted by molar-refractivity contribution is -0.248. The molecule has 0 atom stereocenters. The first-order chi connectivity index (χ1) is 13.5. The number of rotatable bonds is 9. The highest BCUT2D eigenvalue weighted by Crippen LogP contribution is 2.34. The molecule has 1 nitrogen and oxygen atoms in total. The minimum Gasteiger partial charge on any atom is -0.316 e. The topological polar surface area (TPSA) is 9.23 Å². The number of hydrogen-bond donors (Lipinski definition) is 0. The molecule has 2 aromatic carbocycles. The Labute approximate surface area is 164 Å². The van der Waals surface area contributed by atoms with E-state index in [0.29, 0.717) is 12.1 Å². The molecule has 0 saturated heterocycles. The number of aryl methyl sites for hydroxylation is 1. The first-order valence-electron chi connectivity index (χ1n) is 9.21. The quantitative estimate of drug-likeness (QED) is 0.312. The third kappa shape index (κ3) is 6.45. The van der Waals surface area contributed by atoms with E-state index in [1.54, 1.807) is 12.1 Å². The lowest BCUT2D eigenvalue weighted by atomic mass is 10.0. The van der Waals surface area contributed by atoms with E-state index < -0.39 is 36.1 Å². The summed E-state index contributed by atoms with van der Waals surface area (Å²) in [7, 11) is 0. The third-order valence-corrected chi connectivity index (χ3v) is 4.42. The second-order valence-corrected chi connectivity index (χ2v) is 6.70. The van der Waals surface area contributed by atoms with Gasteiger partial charge >= 0.3 is 12.3 Å². The SMILES string of the molecule is CCCCCc1ccc(C(F)(F)OCCc2cc(F)c(C(F)(F)F)c(F)c2)cc1. The Morgan fingerprint density at radius 3 is 1.90 bits per heavy atom. The van der Waals surface area contributed by atoms with E-state index in [-0.39, 0.29) is 17.5 Å². The van der Waals surface area contributed by atoms with E-state index in [1.165, 1.54) is 12.1 Å². The smallest absolute Gasteiger partial charge is 0.316 e. The highest BCUT2D eigenvalue weighted by molar-refractivity contribution is 5.29. The summed E-state index contributed by atoms with van der Waals surface area (Å²) < 4.78 is 97.6. The number of unbranched alkanes of at least 4 members (excludes halogenated alkanes) is 2. The van der Waals surface area contributed by atoms with Gasteiger partial charge in [0.05, 0.1) is 12.2 Å². The number of halogens is 7. The molecular formula is C21H21F7O. The zero-order valence-electron chi connectivity index (χ0n) is 15.8. The van der Waals surface area contributed by atoms with Crippen LogP contribution in [0.1, 0.15) is 48.4 Å². The molecule has 0 saturated carbocycles. The summed E-state index contributed by atoms with van der Waals surface area (Å²) in [4.78, 5) is 0. The lowest BCUT2D eigenvalue weighted by Gasteiger charge is -2.18. The Bertz CT molecular complexity index is 775. The Morgan fingerprint density at radius 1 is 0.793 bits per heavy atom. The van der Waals surface area contributed by atoms with Gasteiger partial charge in [-0.2, -0.15) is 22.0 Å². The number of benzene rings is 2. The molecule has 0 unspecified atom stereocenters. The van der Waals surface area contributed by atoms with Gasteiger partial charge in [-0.05, 0) is 42.5 Å². The number of alkyl halides is 5. The largest absolute Gasteiger partial charge is 0.422 e. The maximum Gasteiger partial charge on any atom is 0.422 e. The van der Waals surface area contributed by atoms with E-state index >= 15 is 0 Å². The number of ether oxygens (including phenoxy) is 1. The van der Waals surface area contributed by atoms with E-state index in [4.69, 9.17) is 0 Å². The second kappa shape index (κ2) is 9.61. The predicted octanol–water partition coefficient (Wildman–Crippen LogP) is 7.02. The number of hydrogen-bond acceptors (Lipinski definition) is 1. The van der Waals surface area contributed by atoms with Crippen LogP contribution in [0.4, 0.5) is 30.7 Å². The summed E-state index contributed by atoms with van der Waals surface area (Å²) in [6, 6.07) is 6.61. The average molecular weight is 422 g/mol. The third-order valence-electron chi connectivity index (χ3n) is 4.42. The van der Waals surface area contributed by atoms with E-state index in [0.717, 1.165) is 31.2 Å². The van der Waals surface area contributed by atoms with Gasteiger partial charge in [-0.3, -0.25) is 0 Å². The van der Waals surface area contributed by atoms with Crippen LogP contribution >= 0.6 is 0 Å². The van der Waals surface area contributed by atoms with Crippen molar-refractivity contribution in [2.75, 3.05) is 6.61 Å². The Kier molecular flexibility index (Phi) is 7.68. The first-order valence-corrected chi connectivity index (χ1v) is 9.21. The van der Waals surface area contributed by atoms with Gasteiger partial charge in [0.15, 0.2) is 0 Å². The molecule has 160 valence electrons. The molecule has 0 bridgehead atoms. The van der Waals surface area contributed by atoms with E-state index in [9.17, 15) is 30.7 Å². The van der Waals surface area contributed by atoms with Gasteiger partial charge in [0.1, 0.15) is 17.2 Å². The lowest BCUT2D eigenvalue weighted by Crippen LogP contribution is -2.20. The minimum atomic E-state index is -5.18. The summed E-state index contributed by atoms with van der Waals surface area (Å²) in [6.45, 7) is 1.43. The van der Waals surface area contributed by atoms with Gasteiger partial charge in [0.2, 0.25) is 0 Å². The van der Waals surface area contributed by atoms with Gasteiger partial charge in [0.25, 0.3) is 0 Å². The first kappa shape index (κ1) is 23.2. The van der Waals surface area contributed by atoms with Crippen LogP contribution in [0, 0.1) is 11.6 Å². The van der Waals surface area contributed by atoms with Crippen molar-refractivity contribution in [2.45, 2.75) is 51.3 Å². The van der Waals surface area contributed by atoms with Crippen LogP contribution in [0.5, 0.6) is 0 Å². The average Bonchev–Trinajstić information content (AvgIpc) is 2.60. The molecule has 0 N–H and O–H groups in total. The van der Waals surface area contributed by atoms with Crippen molar-refractivity contribution in [3.63, 3.8) is 0 Å². The zero-order chi connectivity index (χ0) is 21.7. The maximum atomic E-state index is 14.2.